The number of hydrogen-bond acceptors (Lipinski definition) is 1. The third-order valence-corrected chi connectivity index (χ3v) is 3.56. The van der Waals surface area contributed by atoms with Crippen molar-refractivity contribution >= 4 is 28.9 Å². The second kappa shape index (κ2) is 6.27. The summed E-state index contributed by atoms with van der Waals surface area (Å²) in [6.45, 7) is 2.78. The fourth-order valence-corrected chi connectivity index (χ4v) is 2.46. The Kier molecular flexibility index (Phi) is 4.67. The largest absolute Gasteiger partial charge is 0.382 e. The van der Waals surface area contributed by atoms with Crippen molar-refractivity contribution in [3.63, 3.8) is 0 Å². The van der Waals surface area contributed by atoms with Crippen molar-refractivity contribution in [1.82, 2.24) is 0 Å². The number of hydrogen-bond donors (Lipinski definition) is 1. The Bertz CT molecular complexity index is 534. The van der Waals surface area contributed by atoms with E-state index in [1.54, 1.807) is 0 Å². The van der Waals surface area contributed by atoms with Crippen LogP contribution in [0.3, 0.4) is 0 Å². The quantitative estimate of drug-likeness (QED) is 0.802. The Hall–Kier alpha value is -1.25. The molecule has 0 aliphatic carbocycles. The first-order valence-corrected chi connectivity index (χ1v) is 6.77. The van der Waals surface area contributed by atoms with E-state index < -0.39 is 5.82 Å². The van der Waals surface area contributed by atoms with Crippen molar-refractivity contribution in [2.45, 2.75) is 12.8 Å². The minimum Gasteiger partial charge on any atom is -0.382 e. The van der Waals surface area contributed by atoms with Gasteiger partial charge in [0.2, 0.25) is 0 Å². The lowest BCUT2D eigenvalue weighted by Crippen LogP contribution is -2.10. The van der Waals surface area contributed by atoms with Gasteiger partial charge in [-0.05, 0) is 23.6 Å². The van der Waals surface area contributed by atoms with Gasteiger partial charge in [-0.1, -0.05) is 60.5 Å². The van der Waals surface area contributed by atoms with Gasteiger partial charge < -0.3 is 5.32 Å². The van der Waals surface area contributed by atoms with Crippen LogP contribution in [0.1, 0.15) is 18.4 Å². The van der Waals surface area contributed by atoms with Crippen molar-refractivity contribution in [2.24, 2.45) is 0 Å². The van der Waals surface area contributed by atoms with Gasteiger partial charge in [-0.15, -0.1) is 0 Å². The Morgan fingerprint density at radius 3 is 2.26 bits per heavy atom. The van der Waals surface area contributed by atoms with Crippen LogP contribution in [-0.2, 0) is 0 Å². The highest BCUT2D eigenvalue weighted by atomic mass is 35.5. The van der Waals surface area contributed by atoms with Gasteiger partial charge in [0.25, 0.3) is 0 Å². The summed E-state index contributed by atoms with van der Waals surface area (Å²) >= 11 is 12.0. The highest BCUT2D eigenvalue weighted by molar-refractivity contribution is 6.39. The van der Waals surface area contributed by atoms with Crippen LogP contribution in [0.2, 0.25) is 10.0 Å². The zero-order chi connectivity index (χ0) is 13.8. The summed E-state index contributed by atoms with van der Waals surface area (Å²) < 4.78 is 13.1. The van der Waals surface area contributed by atoms with E-state index >= 15 is 0 Å². The molecule has 2 rings (SSSR count). The van der Waals surface area contributed by atoms with Crippen molar-refractivity contribution in [1.29, 1.82) is 0 Å². The molecule has 0 saturated carbocycles. The third-order valence-electron chi connectivity index (χ3n) is 2.96. The van der Waals surface area contributed by atoms with Crippen LogP contribution in [0.15, 0.2) is 42.5 Å². The van der Waals surface area contributed by atoms with E-state index in [-0.39, 0.29) is 0 Å². The number of benzene rings is 2. The number of rotatable bonds is 4. The standard InChI is InChI=1S/C15H14Cl2FN/c1-10(11-5-3-2-4-6-11)9-19-15-13(16)7-12(18)8-14(15)17/h2-8,10,19H,9H2,1H3. The van der Waals surface area contributed by atoms with E-state index in [9.17, 15) is 4.39 Å². The molecule has 0 aromatic heterocycles. The lowest BCUT2D eigenvalue weighted by atomic mass is 10.0. The van der Waals surface area contributed by atoms with Crippen molar-refractivity contribution < 1.29 is 4.39 Å². The highest BCUT2D eigenvalue weighted by Crippen LogP contribution is 2.32. The van der Waals surface area contributed by atoms with E-state index in [2.05, 4.69) is 24.4 Å². The van der Waals surface area contributed by atoms with Gasteiger partial charge in [-0.25, -0.2) is 4.39 Å². The molecule has 19 heavy (non-hydrogen) atoms. The number of halogens is 3. The maximum atomic E-state index is 13.1. The first-order chi connectivity index (χ1) is 9.08. The van der Waals surface area contributed by atoms with Gasteiger partial charge in [0.15, 0.2) is 0 Å². The van der Waals surface area contributed by atoms with Crippen LogP contribution in [0, 0.1) is 5.82 Å². The normalized spacial score (nSPS) is 12.2. The van der Waals surface area contributed by atoms with Gasteiger partial charge >= 0.3 is 0 Å². The van der Waals surface area contributed by atoms with Crippen molar-refractivity contribution in [2.75, 3.05) is 11.9 Å². The molecule has 1 nitrogen and oxygen atoms in total. The topological polar surface area (TPSA) is 12.0 Å². The average molecular weight is 298 g/mol. The summed E-state index contributed by atoms with van der Waals surface area (Å²) in [6, 6.07) is 12.6. The summed E-state index contributed by atoms with van der Waals surface area (Å²) in [5.74, 6) is -0.130. The lowest BCUT2D eigenvalue weighted by molar-refractivity contribution is 0.628. The van der Waals surface area contributed by atoms with Gasteiger partial charge in [0, 0.05) is 6.54 Å². The lowest BCUT2D eigenvalue weighted by Gasteiger charge is -2.16. The fourth-order valence-electron chi connectivity index (χ4n) is 1.87. The smallest absolute Gasteiger partial charge is 0.126 e. The van der Waals surface area contributed by atoms with Gasteiger partial charge in [-0.3, -0.25) is 0 Å². The second-order valence-corrected chi connectivity index (χ2v) is 5.25. The molecule has 1 N–H and O–H groups in total. The zero-order valence-corrected chi connectivity index (χ0v) is 12.0. The molecular formula is C15H14Cl2FN. The SMILES string of the molecule is CC(CNc1c(Cl)cc(F)cc1Cl)c1ccccc1. The molecule has 0 spiro atoms. The van der Waals surface area contributed by atoms with Crippen LogP contribution >= 0.6 is 23.2 Å². The summed E-state index contributed by atoms with van der Waals surface area (Å²) in [5.41, 5.74) is 1.80. The number of anilines is 1. The molecule has 0 saturated heterocycles. The van der Waals surface area contributed by atoms with E-state index in [1.165, 1.54) is 17.7 Å². The molecule has 4 heteroatoms. The van der Waals surface area contributed by atoms with Crippen LogP contribution in [0.4, 0.5) is 10.1 Å². The van der Waals surface area contributed by atoms with E-state index in [1.807, 2.05) is 18.2 Å². The molecule has 0 radical (unpaired) electrons. The molecular weight excluding hydrogens is 284 g/mol. The van der Waals surface area contributed by atoms with E-state index in [0.717, 1.165) is 0 Å². The zero-order valence-electron chi connectivity index (χ0n) is 10.5. The molecule has 0 amide bonds. The van der Waals surface area contributed by atoms with Crippen LogP contribution in [0.25, 0.3) is 0 Å². The molecule has 1 atom stereocenters. The minimum absolute atomic E-state index is 0.297. The van der Waals surface area contributed by atoms with Gasteiger partial charge in [-0.2, -0.15) is 0 Å². The maximum absolute atomic E-state index is 13.1. The van der Waals surface area contributed by atoms with Crippen LogP contribution in [0.5, 0.6) is 0 Å². The minimum atomic E-state index is -0.434. The van der Waals surface area contributed by atoms with E-state index in [4.69, 9.17) is 23.2 Å². The van der Waals surface area contributed by atoms with Crippen molar-refractivity contribution in [3.05, 3.63) is 63.9 Å². The van der Waals surface area contributed by atoms with Crippen molar-refractivity contribution in [3.8, 4) is 0 Å². The van der Waals surface area contributed by atoms with Gasteiger partial charge in [0.05, 0.1) is 15.7 Å². The first-order valence-electron chi connectivity index (χ1n) is 6.01. The average Bonchev–Trinajstić information content (AvgIpc) is 2.38. The van der Waals surface area contributed by atoms with E-state index in [0.29, 0.717) is 28.2 Å². The monoisotopic (exact) mass is 297 g/mol. The Morgan fingerprint density at radius 1 is 1.11 bits per heavy atom. The molecule has 2 aromatic rings. The van der Waals surface area contributed by atoms with Crippen LogP contribution < -0.4 is 5.32 Å². The summed E-state index contributed by atoms with van der Waals surface area (Å²) in [4.78, 5) is 0. The molecule has 0 heterocycles. The Balaban J connectivity index is 2.07. The summed E-state index contributed by atoms with van der Waals surface area (Å²) in [7, 11) is 0. The fraction of sp³-hybridized carbons (Fsp3) is 0.200. The Labute approximate surface area is 122 Å². The first kappa shape index (κ1) is 14.2. The summed E-state index contributed by atoms with van der Waals surface area (Å²) in [6.07, 6.45) is 0. The molecule has 0 aliphatic heterocycles. The highest BCUT2D eigenvalue weighted by Gasteiger charge is 2.10. The Morgan fingerprint density at radius 2 is 1.68 bits per heavy atom. The van der Waals surface area contributed by atoms with Crippen LogP contribution in [-0.4, -0.2) is 6.54 Å². The molecule has 0 fully saturated rings. The maximum Gasteiger partial charge on any atom is 0.126 e. The molecule has 0 bridgehead atoms. The van der Waals surface area contributed by atoms with Gasteiger partial charge in [0.1, 0.15) is 5.82 Å². The molecule has 0 aliphatic rings. The second-order valence-electron chi connectivity index (χ2n) is 4.44. The predicted molar refractivity (Wildman–Crippen MR) is 79.8 cm³/mol. The molecule has 100 valence electrons. The number of nitrogens with one attached hydrogen (secondary N) is 1. The summed E-state index contributed by atoms with van der Waals surface area (Å²) in [5, 5.41) is 3.77. The third kappa shape index (κ3) is 3.62. The molecule has 2 aromatic carbocycles. The predicted octanol–water partition coefficient (Wildman–Crippen LogP) is 5.35. The molecule has 1 unspecified atom stereocenters.